The van der Waals surface area contributed by atoms with Crippen molar-refractivity contribution in [2.75, 3.05) is 12.3 Å². The summed E-state index contributed by atoms with van der Waals surface area (Å²) < 4.78 is 26.9. The Kier molecular flexibility index (Phi) is 3.58. The molecule has 1 aromatic carbocycles. The second-order valence-corrected chi connectivity index (χ2v) is 7.88. The molecule has 106 valence electrons. The molecule has 0 atom stereocenters. The predicted molar refractivity (Wildman–Crippen MR) is 77.8 cm³/mol. The number of sulfonamides is 1. The van der Waals surface area contributed by atoms with Crippen molar-refractivity contribution in [3.8, 4) is 0 Å². The van der Waals surface area contributed by atoms with Gasteiger partial charge in [0.1, 0.15) is 0 Å². The average Bonchev–Trinajstić information content (AvgIpc) is 2.65. The molecule has 0 saturated carbocycles. The molecule has 0 bridgehead atoms. The van der Waals surface area contributed by atoms with Gasteiger partial charge in [-0.25, -0.2) is 8.42 Å². The molecule has 0 radical (unpaired) electrons. The number of nitrogens with zero attached hydrogens (tertiary/aromatic N) is 1. The minimum absolute atomic E-state index is 0.176. The number of hydrogen-bond acceptors (Lipinski definition) is 3. The van der Waals surface area contributed by atoms with Crippen LogP contribution in [0.5, 0.6) is 0 Å². The highest BCUT2D eigenvalue weighted by Crippen LogP contribution is 2.35. The topological polar surface area (TPSA) is 63.4 Å². The fraction of sp³-hybridized carbons (Fsp3) is 0.538. The molecule has 0 spiro atoms. The Morgan fingerprint density at radius 2 is 2.00 bits per heavy atom. The molecule has 1 fully saturated rings. The number of nitrogen functional groups attached to an aromatic ring is 1. The molecule has 0 aliphatic carbocycles. The fourth-order valence-corrected chi connectivity index (χ4v) is 4.68. The zero-order chi connectivity index (χ0) is 14.4. The Balaban J connectivity index is 2.52. The van der Waals surface area contributed by atoms with E-state index in [9.17, 15) is 8.42 Å². The van der Waals surface area contributed by atoms with E-state index in [1.807, 2.05) is 13.8 Å². The number of rotatable bonds is 2. The van der Waals surface area contributed by atoms with Gasteiger partial charge in [-0.2, -0.15) is 4.31 Å². The number of halogens is 1. The molecule has 1 heterocycles. The zero-order valence-corrected chi connectivity index (χ0v) is 13.0. The van der Waals surface area contributed by atoms with Crippen LogP contribution in [-0.4, -0.2) is 24.8 Å². The SMILES string of the molecule is Cc1c(N)cc(S(=O)(=O)N2CCCC2(C)C)cc1Cl. The van der Waals surface area contributed by atoms with E-state index in [0.29, 0.717) is 22.8 Å². The number of benzene rings is 1. The van der Waals surface area contributed by atoms with E-state index in [-0.39, 0.29) is 10.4 Å². The van der Waals surface area contributed by atoms with Gasteiger partial charge in [-0.15, -0.1) is 0 Å². The van der Waals surface area contributed by atoms with E-state index in [0.717, 1.165) is 12.8 Å². The largest absolute Gasteiger partial charge is 0.398 e. The zero-order valence-electron chi connectivity index (χ0n) is 11.4. The molecule has 1 aliphatic rings. The minimum Gasteiger partial charge on any atom is -0.398 e. The van der Waals surface area contributed by atoms with E-state index in [4.69, 9.17) is 17.3 Å². The highest BCUT2D eigenvalue weighted by molar-refractivity contribution is 7.89. The molecule has 0 amide bonds. The van der Waals surface area contributed by atoms with Crippen LogP contribution in [0.1, 0.15) is 32.3 Å². The number of nitrogens with two attached hydrogens (primary N) is 1. The average molecular weight is 303 g/mol. The standard InChI is InChI=1S/C13H19ClN2O2S/c1-9-11(14)7-10(8-12(9)15)19(17,18)16-6-4-5-13(16,2)3/h7-8H,4-6,15H2,1-3H3. The van der Waals surface area contributed by atoms with Crippen molar-refractivity contribution in [2.45, 2.75) is 44.0 Å². The highest BCUT2D eigenvalue weighted by atomic mass is 35.5. The van der Waals surface area contributed by atoms with Crippen LogP contribution in [0.25, 0.3) is 0 Å². The van der Waals surface area contributed by atoms with Crippen LogP contribution in [0.3, 0.4) is 0 Å². The van der Waals surface area contributed by atoms with E-state index in [1.165, 1.54) is 12.1 Å². The maximum atomic E-state index is 12.7. The maximum absolute atomic E-state index is 12.7. The Hall–Kier alpha value is -0.780. The van der Waals surface area contributed by atoms with Crippen LogP contribution in [0, 0.1) is 6.92 Å². The van der Waals surface area contributed by atoms with Crippen LogP contribution < -0.4 is 5.73 Å². The van der Waals surface area contributed by atoms with Gasteiger partial charge >= 0.3 is 0 Å². The summed E-state index contributed by atoms with van der Waals surface area (Å²) in [5, 5.41) is 0.385. The van der Waals surface area contributed by atoms with E-state index < -0.39 is 10.0 Å². The second kappa shape index (κ2) is 4.65. The first-order chi connectivity index (χ1) is 8.66. The van der Waals surface area contributed by atoms with Crippen molar-refractivity contribution >= 4 is 27.3 Å². The summed E-state index contributed by atoms with van der Waals surface area (Å²) in [5.41, 5.74) is 6.58. The number of hydrogen-bond donors (Lipinski definition) is 1. The smallest absolute Gasteiger partial charge is 0.243 e. The van der Waals surface area contributed by atoms with Gasteiger partial charge in [0.05, 0.1) is 4.90 Å². The van der Waals surface area contributed by atoms with Gasteiger partial charge in [0.25, 0.3) is 0 Å². The predicted octanol–water partition coefficient (Wildman–Crippen LogP) is 2.79. The van der Waals surface area contributed by atoms with E-state index >= 15 is 0 Å². The third-order valence-electron chi connectivity index (χ3n) is 3.77. The molecule has 4 nitrogen and oxygen atoms in total. The highest BCUT2D eigenvalue weighted by Gasteiger charge is 2.41. The van der Waals surface area contributed by atoms with Gasteiger partial charge in [-0.3, -0.25) is 0 Å². The Bertz CT molecular complexity index is 588. The quantitative estimate of drug-likeness (QED) is 0.854. The van der Waals surface area contributed by atoms with Crippen molar-refractivity contribution in [3.05, 3.63) is 22.7 Å². The second-order valence-electron chi connectivity index (χ2n) is 5.61. The summed E-state index contributed by atoms with van der Waals surface area (Å²) in [7, 11) is -3.54. The van der Waals surface area contributed by atoms with Crippen molar-refractivity contribution in [2.24, 2.45) is 0 Å². The molecular formula is C13H19ClN2O2S. The minimum atomic E-state index is -3.54. The van der Waals surface area contributed by atoms with Crippen LogP contribution in [-0.2, 0) is 10.0 Å². The van der Waals surface area contributed by atoms with Gasteiger partial charge < -0.3 is 5.73 Å². The molecule has 1 aromatic rings. The van der Waals surface area contributed by atoms with Crippen molar-refractivity contribution in [1.82, 2.24) is 4.31 Å². The monoisotopic (exact) mass is 302 g/mol. The summed E-state index contributed by atoms with van der Waals surface area (Å²) in [6.45, 7) is 6.20. The Morgan fingerprint density at radius 3 is 2.47 bits per heavy atom. The first kappa shape index (κ1) is 14.6. The van der Waals surface area contributed by atoms with Crippen LogP contribution in [0.2, 0.25) is 5.02 Å². The summed E-state index contributed by atoms with van der Waals surface area (Å²) in [4.78, 5) is 0.176. The first-order valence-corrected chi connectivity index (χ1v) is 8.06. The Morgan fingerprint density at radius 1 is 1.37 bits per heavy atom. The molecule has 1 saturated heterocycles. The third-order valence-corrected chi connectivity index (χ3v) is 6.25. The molecular weight excluding hydrogens is 284 g/mol. The summed E-state index contributed by atoms with van der Waals surface area (Å²) in [5.74, 6) is 0. The maximum Gasteiger partial charge on any atom is 0.243 e. The van der Waals surface area contributed by atoms with E-state index in [2.05, 4.69) is 0 Å². The van der Waals surface area contributed by atoms with Gasteiger partial charge in [0.15, 0.2) is 0 Å². The van der Waals surface area contributed by atoms with Crippen molar-refractivity contribution < 1.29 is 8.42 Å². The van der Waals surface area contributed by atoms with Gasteiger partial charge in [0, 0.05) is 22.8 Å². The van der Waals surface area contributed by atoms with Crippen molar-refractivity contribution in [1.29, 1.82) is 0 Å². The fourth-order valence-electron chi connectivity index (χ4n) is 2.48. The van der Waals surface area contributed by atoms with Crippen molar-refractivity contribution in [3.63, 3.8) is 0 Å². The van der Waals surface area contributed by atoms with Gasteiger partial charge in [-0.05, 0) is 51.3 Å². The Labute approximate surface area is 119 Å². The normalized spacial score (nSPS) is 19.8. The van der Waals surface area contributed by atoms with Crippen LogP contribution >= 0.6 is 11.6 Å². The van der Waals surface area contributed by atoms with Crippen LogP contribution in [0.4, 0.5) is 5.69 Å². The van der Waals surface area contributed by atoms with Gasteiger partial charge in [0.2, 0.25) is 10.0 Å². The summed E-state index contributed by atoms with van der Waals surface area (Å²) >= 11 is 6.04. The molecule has 0 unspecified atom stereocenters. The van der Waals surface area contributed by atoms with Gasteiger partial charge in [-0.1, -0.05) is 11.6 Å². The molecule has 19 heavy (non-hydrogen) atoms. The lowest BCUT2D eigenvalue weighted by Crippen LogP contribution is -2.42. The molecule has 0 aromatic heterocycles. The van der Waals surface area contributed by atoms with Crippen LogP contribution in [0.15, 0.2) is 17.0 Å². The summed E-state index contributed by atoms with van der Waals surface area (Å²) in [6, 6.07) is 2.97. The first-order valence-electron chi connectivity index (χ1n) is 6.25. The lowest BCUT2D eigenvalue weighted by atomic mass is 10.0. The molecule has 6 heteroatoms. The molecule has 1 aliphatic heterocycles. The number of anilines is 1. The lowest BCUT2D eigenvalue weighted by Gasteiger charge is -2.30. The molecule has 2 rings (SSSR count). The molecule has 2 N–H and O–H groups in total. The summed E-state index contributed by atoms with van der Waals surface area (Å²) in [6.07, 6.45) is 1.74. The third kappa shape index (κ3) is 2.47. The lowest BCUT2D eigenvalue weighted by molar-refractivity contribution is 0.292. The van der Waals surface area contributed by atoms with E-state index in [1.54, 1.807) is 11.2 Å².